The Kier molecular flexibility index (Phi) is 3.61. The standard InChI is InChI=1S/C20H32O2Si/c1-5-6-9-23(3,4)22-19(21)20(2)12-15-11-16(20)18-14-8-7-13(10-14)17(15)18/h7-8,13-18H,5-6,9-12H2,1-4H3. The first-order valence-electron chi connectivity index (χ1n) is 9.77. The van der Waals surface area contributed by atoms with Crippen LogP contribution in [0.1, 0.15) is 46.0 Å². The van der Waals surface area contributed by atoms with Crippen LogP contribution in [-0.2, 0) is 9.22 Å². The molecule has 0 saturated heterocycles. The lowest BCUT2D eigenvalue weighted by Gasteiger charge is -2.43. The SMILES string of the molecule is CCCC[Si](C)(C)OC(=O)C1(C)CC2CC1C1C3C=CC(C3)C21. The molecule has 4 bridgehead atoms. The summed E-state index contributed by atoms with van der Waals surface area (Å²) in [6, 6.07) is 1.11. The molecule has 0 aromatic carbocycles. The summed E-state index contributed by atoms with van der Waals surface area (Å²) < 4.78 is 6.19. The van der Waals surface area contributed by atoms with Gasteiger partial charge in [-0.1, -0.05) is 31.9 Å². The average molecular weight is 333 g/mol. The summed E-state index contributed by atoms with van der Waals surface area (Å²) in [6.07, 6.45) is 11.1. The van der Waals surface area contributed by atoms with Crippen LogP contribution in [0.2, 0.25) is 19.1 Å². The highest BCUT2D eigenvalue weighted by molar-refractivity contribution is 6.72. The molecular formula is C20H32O2Si. The van der Waals surface area contributed by atoms with Crippen molar-refractivity contribution in [1.29, 1.82) is 0 Å². The van der Waals surface area contributed by atoms with Gasteiger partial charge in [-0.2, -0.15) is 0 Å². The first-order chi connectivity index (χ1) is 10.9. The third kappa shape index (κ3) is 2.29. The van der Waals surface area contributed by atoms with E-state index in [4.69, 9.17) is 4.43 Å². The lowest BCUT2D eigenvalue weighted by atomic mass is 9.63. The molecule has 7 unspecified atom stereocenters. The third-order valence-corrected chi connectivity index (χ3v) is 9.92. The first kappa shape index (κ1) is 15.9. The highest BCUT2D eigenvalue weighted by atomic mass is 28.4. The number of carbonyl (C=O) groups is 1. The van der Waals surface area contributed by atoms with E-state index in [1.54, 1.807) is 0 Å². The maximum atomic E-state index is 13.1. The van der Waals surface area contributed by atoms with Crippen molar-refractivity contribution in [2.45, 2.75) is 65.1 Å². The summed E-state index contributed by atoms with van der Waals surface area (Å²) in [4.78, 5) is 13.1. The number of hydrogen-bond donors (Lipinski definition) is 0. The molecule has 0 N–H and O–H groups in total. The van der Waals surface area contributed by atoms with E-state index < -0.39 is 8.32 Å². The van der Waals surface area contributed by atoms with E-state index in [-0.39, 0.29) is 11.4 Å². The maximum Gasteiger partial charge on any atom is 0.298 e. The zero-order chi connectivity index (χ0) is 16.4. The third-order valence-electron chi connectivity index (χ3n) is 7.62. The molecule has 4 aliphatic carbocycles. The van der Waals surface area contributed by atoms with Crippen LogP contribution in [0.15, 0.2) is 12.2 Å². The average Bonchev–Trinajstić information content (AvgIpc) is 3.22. The van der Waals surface area contributed by atoms with Gasteiger partial charge in [-0.05, 0) is 80.8 Å². The second-order valence-corrected chi connectivity index (χ2v) is 13.8. The van der Waals surface area contributed by atoms with Crippen LogP contribution in [0.25, 0.3) is 0 Å². The topological polar surface area (TPSA) is 26.3 Å². The number of rotatable bonds is 5. The molecular weight excluding hydrogens is 300 g/mol. The van der Waals surface area contributed by atoms with Crippen LogP contribution in [0.4, 0.5) is 0 Å². The highest BCUT2D eigenvalue weighted by Crippen LogP contribution is 2.70. The molecule has 0 aromatic heterocycles. The molecule has 0 spiro atoms. The van der Waals surface area contributed by atoms with Gasteiger partial charge in [0.25, 0.3) is 5.97 Å². The fourth-order valence-corrected chi connectivity index (χ4v) is 8.67. The van der Waals surface area contributed by atoms with Crippen molar-refractivity contribution in [3.05, 3.63) is 12.2 Å². The minimum atomic E-state index is -1.84. The summed E-state index contributed by atoms with van der Waals surface area (Å²) in [6.45, 7) is 8.89. The summed E-state index contributed by atoms with van der Waals surface area (Å²) in [7, 11) is -1.84. The quantitative estimate of drug-likeness (QED) is 0.401. The van der Waals surface area contributed by atoms with Gasteiger partial charge in [0.2, 0.25) is 8.32 Å². The smallest absolute Gasteiger partial charge is 0.298 e. The van der Waals surface area contributed by atoms with Crippen molar-refractivity contribution in [2.75, 3.05) is 0 Å². The van der Waals surface area contributed by atoms with Crippen molar-refractivity contribution < 1.29 is 9.22 Å². The monoisotopic (exact) mass is 332 g/mol. The number of fused-ring (bicyclic) bond motifs is 9. The predicted molar refractivity (Wildman–Crippen MR) is 95.3 cm³/mol. The highest BCUT2D eigenvalue weighted by Gasteiger charge is 2.67. The van der Waals surface area contributed by atoms with Crippen LogP contribution in [0.3, 0.4) is 0 Å². The second-order valence-electron chi connectivity index (χ2n) is 9.58. The van der Waals surface area contributed by atoms with Crippen molar-refractivity contribution in [3.8, 4) is 0 Å². The van der Waals surface area contributed by atoms with Gasteiger partial charge >= 0.3 is 0 Å². The first-order valence-corrected chi connectivity index (χ1v) is 12.9. The van der Waals surface area contributed by atoms with Crippen molar-refractivity contribution in [2.24, 2.45) is 40.9 Å². The predicted octanol–water partition coefficient (Wildman–Crippen LogP) is 5.02. The summed E-state index contributed by atoms with van der Waals surface area (Å²) in [5, 5.41) is 0. The maximum absolute atomic E-state index is 13.1. The molecule has 3 fully saturated rings. The van der Waals surface area contributed by atoms with E-state index in [1.807, 2.05) is 0 Å². The van der Waals surface area contributed by atoms with E-state index in [0.717, 1.165) is 42.1 Å². The van der Waals surface area contributed by atoms with Gasteiger partial charge in [0.05, 0.1) is 5.41 Å². The lowest BCUT2D eigenvalue weighted by molar-refractivity contribution is -0.151. The van der Waals surface area contributed by atoms with E-state index in [9.17, 15) is 4.79 Å². The molecule has 0 radical (unpaired) electrons. The van der Waals surface area contributed by atoms with Gasteiger partial charge in [0.15, 0.2) is 0 Å². The van der Waals surface area contributed by atoms with Gasteiger partial charge in [-0.15, -0.1) is 0 Å². The van der Waals surface area contributed by atoms with E-state index in [1.165, 1.54) is 25.7 Å². The largest absolute Gasteiger partial charge is 0.519 e. The van der Waals surface area contributed by atoms with Gasteiger partial charge < -0.3 is 4.43 Å². The summed E-state index contributed by atoms with van der Waals surface area (Å²) >= 11 is 0. The van der Waals surface area contributed by atoms with Gasteiger partial charge in [-0.3, -0.25) is 4.79 Å². The molecule has 7 atom stereocenters. The molecule has 2 nitrogen and oxygen atoms in total. The second kappa shape index (κ2) is 5.21. The molecule has 3 heteroatoms. The van der Waals surface area contributed by atoms with Gasteiger partial charge in [-0.25, -0.2) is 0 Å². The zero-order valence-corrected chi connectivity index (χ0v) is 16.2. The Morgan fingerprint density at radius 3 is 2.61 bits per heavy atom. The Balaban J connectivity index is 1.49. The van der Waals surface area contributed by atoms with Gasteiger partial charge in [0.1, 0.15) is 0 Å². The van der Waals surface area contributed by atoms with E-state index >= 15 is 0 Å². The van der Waals surface area contributed by atoms with Crippen LogP contribution in [-0.4, -0.2) is 14.3 Å². The Bertz CT molecular complexity index is 540. The van der Waals surface area contributed by atoms with Crippen molar-refractivity contribution in [1.82, 2.24) is 0 Å². The molecule has 0 heterocycles. The Hall–Kier alpha value is -0.573. The van der Waals surface area contributed by atoms with Crippen LogP contribution < -0.4 is 0 Å². The Morgan fingerprint density at radius 2 is 1.91 bits per heavy atom. The number of unbranched alkanes of at least 4 members (excludes halogenated alkanes) is 1. The molecule has 3 saturated carbocycles. The molecule has 0 amide bonds. The van der Waals surface area contributed by atoms with E-state index in [0.29, 0.717) is 5.92 Å². The normalized spacial score (nSPS) is 46.4. The zero-order valence-electron chi connectivity index (χ0n) is 15.2. The Morgan fingerprint density at radius 1 is 1.22 bits per heavy atom. The number of carbonyl (C=O) groups excluding carboxylic acids is 1. The van der Waals surface area contributed by atoms with Gasteiger partial charge in [0, 0.05) is 0 Å². The summed E-state index contributed by atoms with van der Waals surface area (Å²) in [5.74, 6) is 4.78. The van der Waals surface area contributed by atoms with Crippen LogP contribution >= 0.6 is 0 Å². The molecule has 128 valence electrons. The molecule has 23 heavy (non-hydrogen) atoms. The van der Waals surface area contributed by atoms with Crippen molar-refractivity contribution >= 4 is 14.3 Å². The van der Waals surface area contributed by atoms with E-state index in [2.05, 4.69) is 39.1 Å². The fraction of sp³-hybridized carbons (Fsp3) is 0.850. The minimum absolute atomic E-state index is 0.156. The fourth-order valence-electron chi connectivity index (χ4n) is 6.63. The minimum Gasteiger partial charge on any atom is -0.519 e. The Labute approximate surface area is 142 Å². The molecule has 0 aromatic rings. The van der Waals surface area contributed by atoms with Crippen molar-refractivity contribution in [3.63, 3.8) is 0 Å². The lowest BCUT2D eigenvalue weighted by Crippen LogP contribution is -2.46. The number of allylic oxidation sites excluding steroid dienone is 2. The molecule has 4 aliphatic rings. The van der Waals surface area contributed by atoms with Crippen LogP contribution in [0, 0.1) is 40.9 Å². The molecule has 0 aliphatic heterocycles. The summed E-state index contributed by atoms with van der Waals surface area (Å²) in [5.41, 5.74) is -0.194. The molecule has 4 rings (SSSR count). The van der Waals surface area contributed by atoms with Crippen LogP contribution in [0.5, 0.6) is 0 Å². The number of hydrogen-bond acceptors (Lipinski definition) is 2.